The van der Waals surface area contributed by atoms with Gasteiger partial charge in [-0.15, -0.1) is 0 Å². The third-order valence-electron chi connectivity index (χ3n) is 5.07. The summed E-state index contributed by atoms with van der Waals surface area (Å²) in [6, 6.07) is 20.2. The minimum atomic E-state index is -0.570. The molecule has 0 bridgehead atoms. The summed E-state index contributed by atoms with van der Waals surface area (Å²) in [5.74, 6) is 0.0623. The van der Waals surface area contributed by atoms with Crippen LogP contribution in [0.25, 0.3) is 28.1 Å². The highest BCUT2D eigenvalue weighted by molar-refractivity contribution is 6.15. The largest absolute Gasteiger partial charge is 0.496 e. The van der Waals surface area contributed by atoms with Crippen molar-refractivity contribution in [3.63, 3.8) is 0 Å². The van der Waals surface area contributed by atoms with Gasteiger partial charge in [0, 0.05) is 34.2 Å². The fraction of sp³-hybridized carbons (Fsp3) is 0.0400. The number of rotatable bonds is 6. The summed E-state index contributed by atoms with van der Waals surface area (Å²) in [5.41, 5.74) is 1.25. The van der Waals surface area contributed by atoms with Crippen molar-refractivity contribution >= 4 is 28.4 Å². The molecule has 158 valence electrons. The second kappa shape index (κ2) is 8.69. The molecule has 0 saturated heterocycles. The van der Waals surface area contributed by atoms with Crippen molar-refractivity contribution in [2.24, 2.45) is 0 Å². The van der Waals surface area contributed by atoms with E-state index in [-0.39, 0.29) is 11.3 Å². The maximum atomic E-state index is 13.2. The number of pyridine rings is 1. The zero-order valence-corrected chi connectivity index (χ0v) is 17.1. The second-order valence-corrected chi connectivity index (χ2v) is 7.00. The van der Waals surface area contributed by atoms with Crippen LogP contribution in [0.4, 0.5) is 5.69 Å². The van der Waals surface area contributed by atoms with Gasteiger partial charge in [-0.3, -0.25) is 19.7 Å². The average Bonchev–Trinajstić information content (AvgIpc) is 2.82. The normalized spacial score (nSPS) is 11.0. The molecule has 0 aliphatic rings. The summed E-state index contributed by atoms with van der Waals surface area (Å²) in [6.07, 6.45) is 2.88. The van der Waals surface area contributed by atoms with Gasteiger partial charge >= 0.3 is 0 Å². The van der Waals surface area contributed by atoms with Crippen LogP contribution in [0.15, 0.2) is 83.7 Å². The van der Waals surface area contributed by atoms with E-state index in [9.17, 15) is 19.7 Å². The number of nitro groups is 1. The van der Waals surface area contributed by atoms with Crippen LogP contribution in [0.3, 0.4) is 0 Å². The van der Waals surface area contributed by atoms with E-state index in [1.807, 2.05) is 18.2 Å². The van der Waals surface area contributed by atoms with Gasteiger partial charge in [0.1, 0.15) is 5.75 Å². The molecule has 7 heteroatoms. The topological polar surface area (TPSA) is 102 Å². The number of H-pyrrole nitrogens is 1. The molecule has 0 spiro atoms. The van der Waals surface area contributed by atoms with Crippen molar-refractivity contribution in [3.8, 4) is 16.9 Å². The SMILES string of the molecule is COc1ccccc1/C=C/C(=O)c1c(-c2ccccc2)c2cc([N+](=O)[O-])ccc2[nH]c1=O. The van der Waals surface area contributed by atoms with Crippen molar-refractivity contribution in [1.29, 1.82) is 0 Å². The second-order valence-electron chi connectivity index (χ2n) is 7.00. The first-order valence-corrected chi connectivity index (χ1v) is 9.75. The molecule has 3 aromatic carbocycles. The molecule has 7 nitrogen and oxygen atoms in total. The average molecular weight is 426 g/mol. The summed E-state index contributed by atoms with van der Waals surface area (Å²) in [4.78, 5) is 39.7. The van der Waals surface area contributed by atoms with Crippen LogP contribution in [0.2, 0.25) is 0 Å². The number of carbonyl (C=O) groups is 1. The predicted molar refractivity (Wildman–Crippen MR) is 123 cm³/mol. The molecule has 0 saturated carbocycles. The Morgan fingerprint density at radius 1 is 1.03 bits per heavy atom. The molecule has 0 amide bonds. The molecule has 0 atom stereocenters. The first kappa shape index (κ1) is 20.7. The van der Waals surface area contributed by atoms with Gasteiger partial charge in [0.15, 0.2) is 5.78 Å². The van der Waals surface area contributed by atoms with E-state index in [1.165, 1.54) is 31.4 Å². The van der Waals surface area contributed by atoms with Crippen LogP contribution in [0.1, 0.15) is 15.9 Å². The van der Waals surface area contributed by atoms with Gasteiger partial charge < -0.3 is 9.72 Å². The number of nitrogens with one attached hydrogen (secondary N) is 1. The quantitative estimate of drug-likeness (QED) is 0.202. The number of ketones is 1. The number of aromatic amines is 1. The lowest BCUT2D eigenvalue weighted by Gasteiger charge is -2.11. The Labute approximate surface area is 182 Å². The van der Waals surface area contributed by atoms with Gasteiger partial charge in [0.2, 0.25) is 0 Å². The lowest BCUT2D eigenvalue weighted by Crippen LogP contribution is -2.18. The number of benzene rings is 3. The van der Waals surface area contributed by atoms with Crippen LogP contribution in [-0.2, 0) is 0 Å². The molecule has 4 aromatic rings. The van der Waals surface area contributed by atoms with Gasteiger partial charge in [-0.2, -0.15) is 0 Å². The molecule has 1 aromatic heterocycles. The number of carbonyl (C=O) groups excluding carboxylic acids is 1. The van der Waals surface area contributed by atoms with Crippen molar-refractivity contribution in [1.82, 2.24) is 4.98 Å². The number of nitro benzene ring substituents is 1. The Bertz CT molecular complexity index is 1420. The monoisotopic (exact) mass is 426 g/mol. The fourth-order valence-electron chi connectivity index (χ4n) is 3.59. The smallest absolute Gasteiger partial charge is 0.270 e. The van der Waals surface area contributed by atoms with E-state index in [0.29, 0.717) is 33.3 Å². The molecule has 1 heterocycles. The van der Waals surface area contributed by atoms with Crippen LogP contribution < -0.4 is 10.3 Å². The molecule has 1 N–H and O–H groups in total. The molecule has 0 aliphatic carbocycles. The first-order chi connectivity index (χ1) is 15.5. The lowest BCUT2D eigenvalue weighted by molar-refractivity contribution is -0.384. The van der Waals surface area contributed by atoms with E-state index in [0.717, 1.165) is 0 Å². The first-order valence-electron chi connectivity index (χ1n) is 9.75. The molecule has 4 rings (SSSR count). The Balaban J connectivity index is 1.95. The number of hydrogen-bond acceptors (Lipinski definition) is 5. The molecule has 0 radical (unpaired) electrons. The van der Waals surface area contributed by atoms with Crippen molar-refractivity contribution < 1.29 is 14.5 Å². The molecule has 0 fully saturated rings. The van der Waals surface area contributed by atoms with E-state index >= 15 is 0 Å². The summed E-state index contributed by atoms with van der Waals surface area (Å²) < 4.78 is 5.30. The zero-order valence-electron chi connectivity index (χ0n) is 17.1. The highest BCUT2D eigenvalue weighted by Crippen LogP contribution is 2.32. The minimum absolute atomic E-state index is 0.0876. The van der Waals surface area contributed by atoms with E-state index < -0.39 is 16.3 Å². The van der Waals surface area contributed by atoms with Crippen molar-refractivity contribution in [2.75, 3.05) is 7.11 Å². The number of hydrogen-bond donors (Lipinski definition) is 1. The Kier molecular flexibility index (Phi) is 5.63. The van der Waals surface area contributed by atoms with Crippen LogP contribution >= 0.6 is 0 Å². The van der Waals surface area contributed by atoms with Gasteiger partial charge in [0.25, 0.3) is 11.2 Å². The highest BCUT2D eigenvalue weighted by atomic mass is 16.6. The predicted octanol–water partition coefficient (Wildman–Crippen LogP) is 5.01. The zero-order chi connectivity index (χ0) is 22.7. The third kappa shape index (κ3) is 3.91. The molecular weight excluding hydrogens is 408 g/mol. The van der Waals surface area contributed by atoms with Crippen molar-refractivity contribution in [2.45, 2.75) is 0 Å². The summed E-state index contributed by atoms with van der Waals surface area (Å²) in [5, 5.41) is 11.8. The maximum Gasteiger partial charge on any atom is 0.270 e. The number of aromatic nitrogens is 1. The van der Waals surface area contributed by atoms with Crippen LogP contribution in [-0.4, -0.2) is 22.8 Å². The van der Waals surface area contributed by atoms with E-state index in [2.05, 4.69) is 4.98 Å². The molecule has 32 heavy (non-hydrogen) atoms. The molecule has 0 unspecified atom stereocenters. The summed E-state index contributed by atoms with van der Waals surface area (Å²) >= 11 is 0. The summed E-state index contributed by atoms with van der Waals surface area (Å²) in [7, 11) is 1.53. The van der Waals surface area contributed by atoms with Crippen LogP contribution in [0.5, 0.6) is 5.75 Å². The third-order valence-corrected chi connectivity index (χ3v) is 5.07. The van der Waals surface area contributed by atoms with Gasteiger partial charge in [-0.05, 0) is 29.8 Å². The Morgan fingerprint density at radius 3 is 2.47 bits per heavy atom. The molecule has 0 aliphatic heterocycles. The minimum Gasteiger partial charge on any atom is -0.496 e. The lowest BCUT2D eigenvalue weighted by atomic mass is 9.93. The van der Waals surface area contributed by atoms with Gasteiger partial charge in [-0.25, -0.2) is 0 Å². The number of nitrogens with zero attached hydrogens (tertiary/aromatic N) is 1. The number of methoxy groups -OCH3 is 1. The summed E-state index contributed by atoms with van der Waals surface area (Å²) in [6.45, 7) is 0. The fourth-order valence-corrected chi connectivity index (χ4v) is 3.59. The number of para-hydroxylation sites is 1. The van der Waals surface area contributed by atoms with Crippen molar-refractivity contribution in [3.05, 3.63) is 110 Å². The number of allylic oxidation sites excluding steroid dienone is 1. The number of fused-ring (bicyclic) bond motifs is 1. The Morgan fingerprint density at radius 2 is 1.75 bits per heavy atom. The van der Waals surface area contributed by atoms with Gasteiger partial charge in [-0.1, -0.05) is 48.5 Å². The van der Waals surface area contributed by atoms with Gasteiger partial charge in [0.05, 0.1) is 17.6 Å². The Hall–Kier alpha value is -4.52. The van der Waals surface area contributed by atoms with E-state index in [4.69, 9.17) is 4.74 Å². The highest BCUT2D eigenvalue weighted by Gasteiger charge is 2.21. The number of non-ortho nitro benzene ring substituents is 1. The molecular formula is C25H18N2O5. The van der Waals surface area contributed by atoms with E-state index in [1.54, 1.807) is 42.5 Å². The van der Waals surface area contributed by atoms with Crippen LogP contribution in [0, 0.1) is 10.1 Å². The standard InChI is InChI=1S/C25H18N2O5/c1-32-22-10-6-5-7-16(22)11-14-21(28)24-23(17-8-3-2-4-9-17)19-15-18(27(30)31)12-13-20(19)26-25(24)29/h2-15H,1H3,(H,26,29)/b14-11+. The maximum absolute atomic E-state index is 13.2. The number of ether oxygens (including phenoxy) is 1.